The second kappa shape index (κ2) is 7.43. The molecule has 7 heteroatoms. The van der Waals surface area contributed by atoms with E-state index in [0.29, 0.717) is 6.07 Å². The van der Waals surface area contributed by atoms with E-state index in [1.54, 1.807) is 0 Å². The summed E-state index contributed by atoms with van der Waals surface area (Å²) in [4.78, 5) is -0.421. The van der Waals surface area contributed by atoms with Gasteiger partial charge in [0, 0.05) is 18.7 Å². The highest BCUT2D eigenvalue weighted by atomic mass is 32.2. The van der Waals surface area contributed by atoms with E-state index in [9.17, 15) is 17.2 Å². The summed E-state index contributed by atoms with van der Waals surface area (Å²) in [6, 6.07) is 9.41. The molecular formula is C18H21F2N2O2S+. The second-order valence-corrected chi connectivity index (χ2v) is 8.04. The van der Waals surface area contributed by atoms with Gasteiger partial charge in [0.15, 0.2) is 0 Å². The van der Waals surface area contributed by atoms with E-state index < -0.39 is 26.6 Å². The topological polar surface area (TPSA) is 65.0 Å². The molecule has 2 aromatic rings. The number of benzene rings is 2. The largest absolute Gasteiger partial charge is 0.350 e. The van der Waals surface area contributed by atoms with Gasteiger partial charge in [-0.25, -0.2) is 17.2 Å². The molecule has 0 aliphatic carbocycles. The van der Waals surface area contributed by atoms with Gasteiger partial charge in [-0.2, -0.15) is 4.31 Å². The first-order chi connectivity index (χ1) is 11.6. The van der Waals surface area contributed by atoms with Crippen LogP contribution in [0.4, 0.5) is 8.78 Å². The van der Waals surface area contributed by atoms with Crippen molar-refractivity contribution in [1.29, 1.82) is 0 Å². The van der Waals surface area contributed by atoms with Crippen LogP contribution in [0.25, 0.3) is 5.57 Å². The van der Waals surface area contributed by atoms with Crippen LogP contribution >= 0.6 is 0 Å². The number of likely N-dealkylation sites (N-methyl/N-ethyl adjacent to an activating group) is 1. The van der Waals surface area contributed by atoms with Gasteiger partial charge in [-0.15, -0.1) is 0 Å². The predicted octanol–water partition coefficient (Wildman–Crippen LogP) is 2.60. The summed E-state index contributed by atoms with van der Waals surface area (Å²) in [7, 11) is -2.66. The Balaban J connectivity index is 2.24. The number of allylic oxidation sites excluding steroid dienone is 1. The fourth-order valence-electron chi connectivity index (χ4n) is 2.43. The van der Waals surface area contributed by atoms with Crippen LogP contribution in [0, 0.1) is 11.6 Å². The van der Waals surface area contributed by atoms with Crippen LogP contribution in [0.3, 0.4) is 0 Å². The average Bonchev–Trinajstić information content (AvgIpc) is 2.53. The van der Waals surface area contributed by atoms with Crippen molar-refractivity contribution in [2.75, 3.05) is 13.6 Å². The normalized spacial score (nSPS) is 13.0. The standard InChI is InChI=1S/C18H20F2N2O2S/c1-12(2)13-5-4-6-14(7-13)18(21)11-22(3)25(23,24)17-9-15(19)8-16(20)10-17/h4-10,18H,1,11,21H2,2-3H3/p+1/t18-/m0/s1. The van der Waals surface area contributed by atoms with Crippen LogP contribution in [0.5, 0.6) is 0 Å². The van der Waals surface area contributed by atoms with Gasteiger partial charge in [0.1, 0.15) is 17.7 Å². The van der Waals surface area contributed by atoms with Gasteiger partial charge in [0.05, 0.1) is 11.4 Å². The molecule has 0 spiro atoms. The number of hydrogen-bond donors (Lipinski definition) is 1. The van der Waals surface area contributed by atoms with Gasteiger partial charge in [0.25, 0.3) is 0 Å². The van der Waals surface area contributed by atoms with Crippen LogP contribution in [-0.4, -0.2) is 26.3 Å². The third-order valence-electron chi connectivity index (χ3n) is 3.87. The van der Waals surface area contributed by atoms with Gasteiger partial charge in [-0.3, -0.25) is 0 Å². The van der Waals surface area contributed by atoms with Crippen molar-refractivity contribution in [2.45, 2.75) is 17.9 Å². The van der Waals surface area contributed by atoms with Gasteiger partial charge in [0.2, 0.25) is 10.0 Å². The lowest BCUT2D eigenvalue weighted by Crippen LogP contribution is -2.58. The van der Waals surface area contributed by atoms with Gasteiger partial charge >= 0.3 is 0 Å². The Morgan fingerprint density at radius 2 is 1.80 bits per heavy atom. The molecule has 0 fully saturated rings. The molecule has 0 saturated heterocycles. The molecule has 0 saturated carbocycles. The van der Waals surface area contributed by atoms with Crippen molar-refractivity contribution < 1.29 is 22.9 Å². The first-order valence-electron chi connectivity index (χ1n) is 7.62. The minimum absolute atomic E-state index is 0.0696. The van der Waals surface area contributed by atoms with Gasteiger partial charge < -0.3 is 5.73 Å². The van der Waals surface area contributed by atoms with Gasteiger partial charge in [-0.05, 0) is 30.7 Å². The molecule has 0 aliphatic heterocycles. The molecule has 0 amide bonds. The second-order valence-electron chi connectivity index (χ2n) is 5.99. The molecule has 0 radical (unpaired) electrons. The molecule has 0 aliphatic rings. The summed E-state index contributed by atoms with van der Waals surface area (Å²) in [6.45, 7) is 5.84. The number of hydrogen-bond acceptors (Lipinski definition) is 2. The zero-order valence-electron chi connectivity index (χ0n) is 14.2. The molecule has 0 aromatic heterocycles. The first kappa shape index (κ1) is 19.2. The minimum atomic E-state index is -4.02. The predicted molar refractivity (Wildman–Crippen MR) is 93.0 cm³/mol. The number of sulfonamides is 1. The fraction of sp³-hybridized carbons (Fsp3) is 0.222. The van der Waals surface area contributed by atoms with E-state index in [2.05, 4.69) is 12.3 Å². The van der Waals surface area contributed by atoms with E-state index in [1.165, 1.54) is 7.05 Å². The third kappa shape index (κ3) is 4.50. The molecule has 0 bridgehead atoms. The van der Waals surface area contributed by atoms with Crippen molar-refractivity contribution in [2.24, 2.45) is 0 Å². The van der Waals surface area contributed by atoms with Crippen molar-refractivity contribution in [3.63, 3.8) is 0 Å². The molecule has 2 aromatic carbocycles. The summed E-state index contributed by atoms with van der Waals surface area (Å²) in [5.74, 6) is -1.88. The molecular weight excluding hydrogens is 346 g/mol. The molecule has 4 nitrogen and oxygen atoms in total. The van der Waals surface area contributed by atoms with Crippen molar-refractivity contribution in [3.8, 4) is 0 Å². The maximum absolute atomic E-state index is 13.3. The van der Waals surface area contributed by atoms with E-state index in [4.69, 9.17) is 0 Å². The van der Waals surface area contributed by atoms with Crippen LogP contribution in [-0.2, 0) is 10.0 Å². The van der Waals surface area contributed by atoms with Crippen LogP contribution in [0.2, 0.25) is 0 Å². The monoisotopic (exact) mass is 367 g/mol. The van der Waals surface area contributed by atoms with Crippen molar-refractivity contribution in [3.05, 3.63) is 71.8 Å². The number of rotatable bonds is 6. The Hall–Kier alpha value is -2.09. The summed E-state index contributed by atoms with van der Waals surface area (Å²) in [5.41, 5.74) is 6.70. The highest BCUT2D eigenvalue weighted by Crippen LogP contribution is 2.21. The van der Waals surface area contributed by atoms with Crippen LogP contribution < -0.4 is 5.73 Å². The molecule has 3 N–H and O–H groups in total. The number of nitrogens with zero attached hydrogens (tertiary/aromatic N) is 1. The maximum atomic E-state index is 13.3. The quantitative estimate of drug-likeness (QED) is 0.853. The lowest BCUT2D eigenvalue weighted by Gasteiger charge is -2.20. The molecule has 0 unspecified atom stereocenters. The summed E-state index contributed by atoms with van der Waals surface area (Å²) in [5, 5.41) is 0. The summed E-state index contributed by atoms with van der Waals surface area (Å²) in [6.07, 6.45) is 0. The smallest absolute Gasteiger partial charge is 0.243 e. The summed E-state index contributed by atoms with van der Waals surface area (Å²) >= 11 is 0. The Morgan fingerprint density at radius 3 is 2.36 bits per heavy atom. The minimum Gasteiger partial charge on any atom is -0.350 e. The van der Waals surface area contributed by atoms with Crippen molar-refractivity contribution >= 4 is 15.6 Å². The number of quaternary nitrogens is 1. The molecule has 2 rings (SSSR count). The Labute approximate surface area is 146 Å². The molecule has 1 atom stereocenters. The lowest BCUT2D eigenvalue weighted by atomic mass is 10.0. The van der Waals surface area contributed by atoms with E-state index in [-0.39, 0.29) is 12.6 Å². The van der Waals surface area contributed by atoms with Crippen LogP contribution in [0.1, 0.15) is 24.1 Å². The Bertz CT molecular complexity index is 877. The first-order valence-corrected chi connectivity index (χ1v) is 9.06. The Kier molecular flexibility index (Phi) is 5.72. The molecule has 134 valence electrons. The molecule has 25 heavy (non-hydrogen) atoms. The molecule has 0 heterocycles. The summed E-state index contributed by atoms with van der Waals surface area (Å²) < 4.78 is 52.8. The highest BCUT2D eigenvalue weighted by molar-refractivity contribution is 7.89. The maximum Gasteiger partial charge on any atom is 0.243 e. The zero-order chi connectivity index (χ0) is 18.8. The van der Waals surface area contributed by atoms with E-state index >= 15 is 0 Å². The van der Waals surface area contributed by atoms with E-state index in [1.807, 2.05) is 31.2 Å². The van der Waals surface area contributed by atoms with Crippen molar-refractivity contribution in [1.82, 2.24) is 4.31 Å². The highest BCUT2D eigenvalue weighted by Gasteiger charge is 2.25. The van der Waals surface area contributed by atoms with Gasteiger partial charge in [-0.1, -0.05) is 30.4 Å². The number of halogens is 2. The third-order valence-corrected chi connectivity index (χ3v) is 5.67. The SMILES string of the molecule is C=C(C)c1cccc([C@@H]([NH3+])CN(C)S(=O)(=O)c2cc(F)cc(F)c2)c1. The average molecular weight is 367 g/mol. The lowest BCUT2D eigenvalue weighted by molar-refractivity contribution is -0.426. The fourth-order valence-corrected chi connectivity index (χ4v) is 3.69. The zero-order valence-corrected chi connectivity index (χ0v) is 15.0. The Morgan fingerprint density at radius 1 is 1.20 bits per heavy atom. The van der Waals surface area contributed by atoms with Crippen LogP contribution in [0.15, 0.2) is 53.9 Å². The van der Waals surface area contributed by atoms with E-state index in [0.717, 1.165) is 33.1 Å².